The van der Waals surface area contributed by atoms with Gasteiger partial charge in [0.15, 0.2) is 0 Å². The van der Waals surface area contributed by atoms with E-state index in [1.54, 1.807) is 0 Å². The first-order valence-corrected chi connectivity index (χ1v) is 5.82. The van der Waals surface area contributed by atoms with Crippen LogP contribution in [0.1, 0.15) is 5.01 Å². The first-order valence-electron chi connectivity index (χ1n) is 3.77. The number of aromatic nitrogens is 5. The Hall–Kier alpha value is -1.15. The first kappa shape index (κ1) is 9.41. The zero-order chi connectivity index (χ0) is 10.1. The Balaban J connectivity index is 2.45. The molecule has 2 heterocycles. The average Bonchev–Trinajstić information content (AvgIpc) is 2.71. The van der Waals surface area contributed by atoms with Gasteiger partial charge in [0.25, 0.3) is 0 Å². The van der Waals surface area contributed by atoms with E-state index in [0.29, 0.717) is 16.2 Å². The lowest BCUT2D eigenvalue weighted by molar-refractivity contribution is 0.816. The van der Waals surface area contributed by atoms with E-state index >= 15 is 0 Å². The Kier molecular flexibility index (Phi) is 2.38. The van der Waals surface area contributed by atoms with Gasteiger partial charge in [0, 0.05) is 0 Å². The maximum Gasteiger partial charge on any atom is 0.236 e. The minimum atomic E-state index is 0.338. The number of rotatable bonds is 2. The van der Waals surface area contributed by atoms with Crippen molar-refractivity contribution in [3.8, 4) is 5.13 Å². The van der Waals surface area contributed by atoms with E-state index in [2.05, 4.69) is 20.3 Å². The lowest BCUT2D eigenvalue weighted by Gasteiger charge is -1.92. The van der Waals surface area contributed by atoms with E-state index in [1.807, 2.05) is 13.2 Å². The van der Waals surface area contributed by atoms with Crippen LogP contribution in [0, 0.1) is 6.92 Å². The lowest BCUT2D eigenvalue weighted by Crippen LogP contribution is -2.01. The summed E-state index contributed by atoms with van der Waals surface area (Å²) in [6, 6.07) is 0. The average molecular weight is 228 g/mol. The van der Waals surface area contributed by atoms with Gasteiger partial charge in [0.05, 0.1) is 0 Å². The number of hydrogen-bond acceptors (Lipinski definition) is 7. The fraction of sp³-hybridized carbons (Fsp3) is 0.333. The van der Waals surface area contributed by atoms with Crippen LogP contribution in [0.2, 0.25) is 0 Å². The molecule has 0 spiro atoms. The molecular weight excluding hydrogens is 220 g/mol. The summed E-state index contributed by atoms with van der Waals surface area (Å²) >= 11 is 2.87. The van der Waals surface area contributed by atoms with Gasteiger partial charge in [-0.2, -0.15) is 9.67 Å². The first-order chi connectivity index (χ1) is 6.70. The van der Waals surface area contributed by atoms with Gasteiger partial charge in [-0.15, -0.1) is 15.3 Å². The number of aryl methyl sites for hydroxylation is 1. The molecule has 0 aromatic carbocycles. The van der Waals surface area contributed by atoms with E-state index in [0.717, 1.165) is 5.01 Å². The van der Waals surface area contributed by atoms with Gasteiger partial charge in [-0.05, 0) is 13.2 Å². The molecule has 0 aliphatic rings. The molecule has 0 aliphatic carbocycles. The largest absolute Gasteiger partial charge is 0.368 e. The van der Waals surface area contributed by atoms with Crippen molar-refractivity contribution >= 4 is 29.0 Å². The normalized spacial score (nSPS) is 10.7. The van der Waals surface area contributed by atoms with Crippen molar-refractivity contribution in [1.29, 1.82) is 0 Å². The van der Waals surface area contributed by atoms with Gasteiger partial charge in [0.1, 0.15) is 5.01 Å². The minimum Gasteiger partial charge on any atom is -0.368 e. The molecule has 0 atom stereocenters. The van der Waals surface area contributed by atoms with Crippen molar-refractivity contribution in [3.05, 3.63) is 5.01 Å². The number of hydrogen-bond donors (Lipinski definition) is 1. The molecule has 2 rings (SSSR count). The summed E-state index contributed by atoms with van der Waals surface area (Å²) in [4.78, 5) is 4.05. The van der Waals surface area contributed by atoms with Crippen LogP contribution in [0.4, 0.5) is 5.95 Å². The van der Waals surface area contributed by atoms with Crippen molar-refractivity contribution in [1.82, 2.24) is 25.0 Å². The van der Waals surface area contributed by atoms with Crippen molar-refractivity contribution < 1.29 is 0 Å². The molecule has 0 saturated heterocycles. The van der Waals surface area contributed by atoms with Crippen LogP contribution >= 0.6 is 23.1 Å². The van der Waals surface area contributed by atoms with Crippen LogP contribution in [0.15, 0.2) is 5.16 Å². The molecule has 0 radical (unpaired) electrons. The molecule has 0 aliphatic heterocycles. The third kappa shape index (κ3) is 1.58. The molecule has 0 amide bonds. The Morgan fingerprint density at radius 2 is 2.21 bits per heavy atom. The molecule has 14 heavy (non-hydrogen) atoms. The zero-order valence-corrected chi connectivity index (χ0v) is 9.26. The van der Waals surface area contributed by atoms with Crippen LogP contribution in [0.5, 0.6) is 0 Å². The summed E-state index contributed by atoms with van der Waals surface area (Å²) in [5, 5.41) is 14.1. The number of nitrogens with zero attached hydrogens (tertiary/aromatic N) is 5. The third-order valence-corrected chi connectivity index (χ3v) is 2.84. The summed E-state index contributed by atoms with van der Waals surface area (Å²) in [7, 11) is 0. The van der Waals surface area contributed by atoms with Gasteiger partial charge < -0.3 is 5.73 Å². The Bertz CT molecular complexity index is 447. The minimum absolute atomic E-state index is 0.338. The second-order valence-corrected chi connectivity index (χ2v) is 4.41. The van der Waals surface area contributed by atoms with Crippen LogP contribution in [0.25, 0.3) is 5.13 Å². The molecule has 74 valence electrons. The van der Waals surface area contributed by atoms with E-state index in [-0.39, 0.29) is 0 Å². The highest BCUT2D eigenvalue weighted by Crippen LogP contribution is 2.18. The maximum atomic E-state index is 5.67. The van der Waals surface area contributed by atoms with Crippen molar-refractivity contribution in [2.45, 2.75) is 12.1 Å². The quantitative estimate of drug-likeness (QED) is 0.763. The molecule has 2 N–H and O–H groups in total. The summed E-state index contributed by atoms with van der Waals surface area (Å²) in [6.07, 6.45) is 1.89. The number of anilines is 1. The van der Waals surface area contributed by atoms with Crippen molar-refractivity contribution in [2.24, 2.45) is 0 Å². The molecule has 0 fully saturated rings. The molecule has 0 bridgehead atoms. The predicted molar refractivity (Wildman–Crippen MR) is 55.8 cm³/mol. The van der Waals surface area contributed by atoms with Gasteiger partial charge in [0.2, 0.25) is 16.2 Å². The maximum absolute atomic E-state index is 5.67. The topological polar surface area (TPSA) is 82.5 Å². The molecular formula is C6H8N6S2. The lowest BCUT2D eigenvalue weighted by atomic mass is 10.9. The van der Waals surface area contributed by atoms with Gasteiger partial charge >= 0.3 is 0 Å². The van der Waals surface area contributed by atoms with Crippen LogP contribution in [-0.4, -0.2) is 31.2 Å². The van der Waals surface area contributed by atoms with Crippen LogP contribution in [-0.2, 0) is 0 Å². The zero-order valence-electron chi connectivity index (χ0n) is 7.63. The van der Waals surface area contributed by atoms with E-state index in [9.17, 15) is 0 Å². The SMILES string of the molecule is CSc1nc(N)n(-c2nnc(C)s2)n1. The Morgan fingerprint density at radius 3 is 2.71 bits per heavy atom. The Labute approximate surface area is 88.6 Å². The van der Waals surface area contributed by atoms with Crippen molar-refractivity contribution in [2.75, 3.05) is 12.0 Å². The molecule has 0 saturated carbocycles. The van der Waals surface area contributed by atoms with Gasteiger partial charge in [-0.25, -0.2) is 0 Å². The van der Waals surface area contributed by atoms with E-state index in [1.165, 1.54) is 27.8 Å². The second-order valence-electron chi connectivity index (χ2n) is 2.47. The van der Waals surface area contributed by atoms with Crippen molar-refractivity contribution in [3.63, 3.8) is 0 Å². The number of nitrogens with two attached hydrogens (primary N) is 1. The second kappa shape index (κ2) is 3.54. The highest BCUT2D eigenvalue weighted by molar-refractivity contribution is 7.98. The smallest absolute Gasteiger partial charge is 0.236 e. The molecule has 2 aromatic heterocycles. The Morgan fingerprint density at radius 1 is 1.43 bits per heavy atom. The van der Waals surface area contributed by atoms with Crippen LogP contribution in [0.3, 0.4) is 0 Å². The number of nitrogen functional groups attached to an aromatic ring is 1. The fourth-order valence-electron chi connectivity index (χ4n) is 0.903. The van der Waals surface area contributed by atoms with Crippen LogP contribution < -0.4 is 5.73 Å². The standard InChI is InChI=1S/C6H8N6S2/c1-3-9-10-6(14-3)12-4(7)8-5(11-12)13-2/h1-2H3,(H2,7,8,11). The summed E-state index contributed by atoms with van der Waals surface area (Å²) in [5.74, 6) is 0.338. The molecule has 2 aromatic rings. The number of thioether (sulfide) groups is 1. The summed E-state index contributed by atoms with van der Waals surface area (Å²) < 4.78 is 1.50. The fourth-order valence-corrected chi connectivity index (χ4v) is 1.90. The third-order valence-electron chi connectivity index (χ3n) is 1.49. The van der Waals surface area contributed by atoms with Gasteiger partial charge in [-0.1, -0.05) is 23.1 Å². The monoisotopic (exact) mass is 228 g/mol. The highest BCUT2D eigenvalue weighted by atomic mass is 32.2. The summed E-state index contributed by atoms with van der Waals surface area (Å²) in [5.41, 5.74) is 5.67. The van der Waals surface area contributed by atoms with Gasteiger partial charge in [-0.3, -0.25) is 0 Å². The molecule has 8 heteroatoms. The molecule has 6 nitrogen and oxygen atoms in total. The predicted octanol–water partition coefficient (Wildman–Crippen LogP) is 0.731. The van der Waals surface area contributed by atoms with E-state index < -0.39 is 0 Å². The molecule has 0 unspecified atom stereocenters. The summed E-state index contributed by atoms with van der Waals surface area (Å²) in [6.45, 7) is 1.88. The van der Waals surface area contributed by atoms with E-state index in [4.69, 9.17) is 5.73 Å². The highest BCUT2D eigenvalue weighted by Gasteiger charge is 2.11.